The predicted molar refractivity (Wildman–Crippen MR) is 88.9 cm³/mol. The Labute approximate surface area is 131 Å². The van der Waals surface area contributed by atoms with Gasteiger partial charge < -0.3 is 5.32 Å². The van der Waals surface area contributed by atoms with Gasteiger partial charge in [0.05, 0.1) is 0 Å². The maximum Gasteiger partial charge on any atom is 0.269 e. The first-order chi connectivity index (χ1) is 10.1. The summed E-state index contributed by atoms with van der Waals surface area (Å²) in [4.78, 5) is 12.1. The molecule has 1 aliphatic rings. The Balaban J connectivity index is 1.81. The Kier molecular flexibility index (Phi) is 5.56. The van der Waals surface area contributed by atoms with Crippen molar-refractivity contribution < 1.29 is 4.79 Å². The van der Waals surface area contributed by atoms with Crippen molar-refractivity contribution in [3.05, 3.63) is 35.4 Å². The number of hydrogen-bond acceptors (Lipinski definition) is 2. The third-order valence-corrected chi connectivity index (χ3v) is 4.33. The number of nitrogens with one attached hydrogen (secondary N) is 3. The van der Waals surface area contributed by atoms with Crippen molar-refractivity contribution in [2.24, 2.45) is 5.92 Å². The summed E-state index contributed by atoms with van der Waals surface area (Å²) >= 11 is 5.25. The lowest BCUT2D eigenvalue weighted by atomic mass is 9.86. The summed E-state index contributed by atoms with van der Waals surface area (Å²) in [6, 6.07) is 7.87. The fraction of sp³-hybridized carbons (Fsp3) is 0.500. The van der Waals surface area contributed by atoms with Crippen molar-refractivity contribution in [3.8, 4) is 0 Å². The largest absolute Gasteiger partial charge is 0.358 e. The summed E-state index contributed by atoms with van der Waals surface area (Å²) in [6.45, 7) is 4.15. The first-order valence-electron chi connectivity index (χ1n) is 7.50. The molecule has 1 saturated carbocycles. The van der Waals surface area contributed by atoms with E-state index in [1.54, 1.807) is 6.07 Å². The van der Waals surface area contributed by atoms with Crippen molar-refractivity contribution in [2.45, 2.75) is 45.6 Å². The van der Waals surface area contributed by atoms with Gasteiger partial charge in [0.15, 0.2) is 5.11 Å². The number of aryl methyl sites for hydroxylation is 1. The number of hydrogen-bond donors (Lipinski definition) is 3. The standard InChI is InChI=1S/C16H23N3OS/c1-11-7-3-5-9-13(11)15(20)18-19-16(21)17-14-10-6-4-8-12(14)2/h3,5,7,9,12,14H,4,6,8,10H2,1-2H3,(H,18,20)(H2,17,19,21)/t12-,14-/m1/s1. The summed E-state index contributed by atoms with van der Waals surface area (Å²) in [5.41, 5.74) is 7.04. The molecule has 0 saturated heterocycles. The molecule has 1 aliphatic carbocycles. The lowest BCUT2D eigenvalue weighted by Gasteiger charge is -2.30. The van der Waals surface area contributed by atoms with Gasteiger partial charge in [-0.15, -0.1) is 0 Å². The number of carbonyl (C=O) groups excluding carboxylic acids is 1. The molecule has 1 fully saturated rings. The average Bonchev–Trinajstić information content (AvgIpc) is 2.48. The zero-order chi connectivity index (χ0) is 15.2. The third kappa shape index (κ3) is 4.43. The fourth-order valence-corrected chi connectivity index (χ4v) is 2.95. The topological polar surface area (TPSA) is 53.2 Å². The number of thiocarbonyl (C=S) groups is 1. The normalized spacial score (nSPS) is 21.4. The molecular weight excluding hydrogens is 282 g/mol. The van der Waals surface area contributed by atoms with Crippen molar-refractivity contribution in [1.82, 2.24) is 16.2 Å². The van der Waals surface area contributed by atoms with Gasteiger partial charge in [-0.1, -0.05) is 38.0 Å². The number of benzene rings is 1. The van der Waals surface area contributed by atoms with E-state index in [1.807, 2.05) is 25.1 Å². The van der Waals surface area contributed by atoms with Gasteiger partial charge in [0.2, 0.25) is 0 Å². The SMILES string of the molecule is Cc1ccccc1C(=O)NNC(=S)N[C@@H]1CCCC[C@H]1C. The smallest absolute Gasteiger partial charge is 0.269 e. The van der Waals surface area contributed by atoms with E-state index in [9.17, 15) is 4.79 Å². The molecule has 1 amide bonds. The Morgan fingerprint density at radius 3 is 2.62 bits per heavy atom. The third-order valence-electron chi connectivity index (χ3n) is 4.11. The molecule has 0 unspecified atom stereocenters. The molecule has 0 bridgehead atoms. The van der Waals surface area contributed by atoms with Crippen LogP contribution >= 0.6 is 12.2 Å². The van der Waals surface area contributed by atoms with E-state index in [0.717, 1.165) is 12.0 Å². The van der Waals surface area contributed by atoms with Crippen LogP contribution in [0.1, 0.15) is 48.5 Å². The highest BCUT2D eigenvalue weighted by Gasteiger charge is 2.21. The van der Waals surface area contributed by atoms with Gasteiger partial charge in [0.1, 0.15) is 0 Å². The van der Waals surface area contributed by atoms with Crippen LogP contribution in [0.3, 0.4) is 0 Å². The zero-order valence-corrected chi connectivity index (χ0v) is 13.4. The summed E-state index contributed by atoms with van der Waals surface area (Å²) < 4.78 is 0. The summed E-state index contributed by atoms with van der Waals surface area (Å²) in [5, 5.41) is 3.78. The van der Waals surface area contributed by atoms with Crippen LogP contribution in [-0.2, 0) is 0 Å². The molecule has 5 heteroatoms. The number of carbonyl (C=O) groups is 1. The lowest BCUT2D eigenvalue weighted by molar-refractivity contribution is 0.0942. The Hall–Kier alpha value is -1.62. The van der Waals surface area contributed by atoms with Crippen LogP contribution in [0.5, 0.6) is 0 Å². The Morgan fingerprint density at radius 1 is 1.19 bits per heavy atom. The van der Waals surface area contributed by atoms with Crippen LogP contribution in [0.2, 0.25) is 0 Å². The highest BCUT2D eigenvalue weighted by molar-refractivity contribution is 7.80. The second-order valence-electron chi connectivity index (χ2n) is 5.74. The second kappa shape index (κ2) is 7.41. The second-order valence-corrected chi connectivity index (χ2v) is 6.14. The highest BCUT2D eigenvalue weighted by Crippen LogP contribution is 2.23. The van der Waals surface area contributed by atoms with Gasteiger partial charge in [0, 0.05) is 11.6 Å². The minimum atomic E-state index is -0.172. The number of rotatable bonds is 2. The number of hydrazine groups is 1. The van der Waals surface area contributed by atoms with Crippen LogP contribution in [0.25, 0.3) is 0 Å². The fourth-order valence-electron chi connectivity index (χ4n) is 2.74. The Bertz CT molecular complexity index is 518. The first kappa shape index (κ1) is 15.8. The molecule has 0 aliphatic heterocycles. The van der Waals surface area contributed by atoms with E-state index in [0.29, 0.717) is 22.6 Å². The molecule has 21 heavy (non-hydrogen) atoms. The van der Waals surface area contributed by atoms with Crippen molar-refractivity contribution in [1.29, 1.82) is 0 Å². The quantitative estimate of drug-likeness (QED) is 0.581. The van der Waals surface area contributed by atoms with Gasteiger partial charge in [0.25, 0.3) is 5.91 Å². The maximum atomic E-state index is 12.1. The molecule has 1 aromatic carbocycles. The van der Waals surface area contributed by atoms with E-state index in [-0.39, 0.29) is 5.91 Å². The highest BCUT2D eigenvalue weighted by atomic mass is 32.1. The predicted octanol–water partition coefficient (Wildman–Crippen LogP) is 2.68. The molecular formula is C16H23N3OS. The molecule has 4 nitrogen and oxygen atoms in total. The van der Waals surface area contributed by atoms with E-state index < -0.39 is 0 Å². The summed E-state index contributed by atoms with van der Waals surface area (Å²) in [6.07, 6.45) is 4.90. The maximum absolute atomic E-state index is 12.1. The zero-order valence-electron chi connectivity index (χ0n) is 12.6. The van der Waals surface area contributed by atoms with Crippen molar-refractivity contribution in [3.63, 3.8) is 0 Å². The lowest BCUT2D eigenvalue weighted by Crippen LogP contribution is -2.51. The molecule has 0 aromatic heterocycles. The first-order valence-corrected chi connectivity index (χ1v) is 7.91. The molecule has 0 radical (unpaired) electrons. The average molecular weight is 305 g/mol. The molecule has 0 spiro atoms. The van der Waals surface area contributed by atoms with Crippen LogP contribution in [0.4, 0.5) is 0 Å². The summed E-state index contributed by atoms with van der Waals surface area (Å²) in [7, 11) is 0. The summed E-state index contributed by atoms with van der Waals surface area (Å²) in [5.74, 6) is 0.444. The van der Waals surface area contributed by atoms with Crippen LogP contribution in [0, 0.1) is 12.8 Å². The van der Waals surface area contributed by atoms with Crippen LogP contribution in [-0.4, -0.2) is 17.1 Å². The molecule has 2 rings (SSSR count). The molecule has 114 valence electrons. The molecule has 3 N–H and O–H groups in total. The molecule has 0 heterocycles. The minimum Gasteiger partial charge on any atom is -0.358 e. The number of amides is 1. The van der Waals surface area contributed by atoms with E-state index >= 15 is 0 Å². The van der Waals surface area contributed by atoms with E-state index in [1.165, 1.54) is 19.3 Å². The van der Waals surface area contributed by atoms with Crippen molar-refractivity contribution >= 4 is 23.2 Å². The van der Waals surface area contributed by atoms with Gasteiger partial charge in [-0.2, -0.15) is 0 Å². The van der Waals surface area contributed by atoms with Gasteiger partial charge >= 0.3 is 0 Å². The van der Waals surface area contributed by atoms with Crippen LogP contribution in [0.15, 0.2) is 24.3 Å². The Morgan fingerprint density at radius 2 is 1.90 bits per heavy atom. The van der Waals surface area contributed by atoms with Gasteiger partial charge in [-0.05, 0) is 49.5 Å². The monoisotopic (exact) mass is 305 g/mol. The van der Waals surface area contributed by atoms with E-state index in [2.05, 4.69) is 23.1 Å². The van der Waals surface area contributed by atoms with Crippen molar-refractivity contribution in [2.75, 3.05) is 0 Å². The van der Waals surface area contributed by atoms with Gasteiger partial charge in [-0.3, -0.25) is 15.6 Å². The molecule has 2 atom stereocenters. The minimum absolute atomic E-state index is 0.172. The van der Waals surface area contributed by atoms with Gasteiger partial charge in [-0.25, -0.2) is 0 Å². The van der Waals surface area contributed by atoms with Crippen LogP contribution < -0.4 is 16.2 Å². The van der Waals surface area contributed by atoms with E-state index in [4.69, 9.17) is 12.2 Å². The molecule has 1 aromatic rings.